The number of nitrogens with zero attached hydrogens (tertiary/aromatic N) is 5. The van der Waals surface area contributed by atoms with E-state index < -0.39 is 22.4 Å². The van der Waals surface area contributed by atoms with Crippen molar-refractivity contribution in [2.45, 2.75) is 0 Å². The normalized spacial score (nSPS) is 11.7. The Kier molecular flexibility index (Phi) is 5.69. The molecule has 0 saturated heterocycles. The van der Waals surface area contributed by atoms with Crippen molar-refractivity contribution in [3.05, 3.63) is 88.0 Å². The minimum Gasteiger partial charge on any atom is -0.493 e. The van der Waals surface area contributed by atoms with Gasteiger partial charge in [-0.2, -0.15) is 0 Å². The fraction of sp³-hybridized carbons (Fsp3) is 0. The molecule has 37 heavy (non-hydrogen) atoms. The molecule has 2 amide bonds. The van der Waals surface area contributed by atoms with Crippen molar-refractivity contribution in [2.24, 2.45) is 20.5 Å². The molecule has 0 fully saturated rings. The third kappa shape index (κ3) is 4.39. The van der Waals surface area contributed by atoms with Crippen LogP contribution in [0.25, 0.3) is 21.8 Å². The summed E-state index contributed by atoms with van der Waals surface area (Å²) in [5, 5.41) is 47.3. The van der Waals surface area contributed by atoms with E-state index in [1.54, 1.807) is 48.5 Å². The molecular formula is C24H15N7O6. The molecule has 5 aromatic rings. The Balaban J connectivity index is 1.46. The van der Waals surface area contributed by atoms with Gasteiger partial charge in [-0.25, -0.2) is 0 Å². The number of hydrogen-bond acceptors (Lipinski definition) is 8. The molecule has 0 aliphatic carbocycles. The second kappa shape index (κ2) is 9.14. The van der Waals surface area contributed by atoms with Crippen LogP contribution in [-0.4, -0.2) is 36.9 Å². The standard InChI is InChI=1S/C24H15N7O6/c32-21(29-27-19-15-5-1-3-7-17(15)25-23(19)34)12-9-13(11-14(10-12)31(36)37)22(33)30-28-20-16-6-2-4-8-18(16)26-24(20)35/h1-11,25-26,34-35H. The molecule has 0 saturated carbocycles. The van der Waals surface area contributed by atoms with E-state index in [4.69, 9.17) is 0 Å². The lowest BCUT2D eigenvalue weighted by Gasteiger charge is -2.00. The summed E-state index contributed by atoms with van der Waals surface area (Å²) in [7, 11) is 0. The Morgan fingerprint density at radius 1 is 0.730 bits per heavy atom. The zero-order valence-electron chi connectivity index (χ0n) is 18.6. The number of non-ortho nitro benzene ring substituents is 1. The average Bonchev–Trinajstić information content (AvgIpc) is 3.39. The number of rotatable bonds is 5. The summed E-state index contributed by atoms with van der Waals surface area (Å²) in [6.07, 6.45) is 0. The molecule has 3 aromatic carbocycles. The average molecular weight is 497 g/mol. The number of H-pyrrole nitrogens is 2. The Labute approximate surface area is 206 Å². The molecule has 2 heterocycles. The molecule has 182 valence electrons. The van der Waals surface area contributed by atoms with E-state index in [2.05, 4.69) is 30.4 Å². The number of hydrogen-bond donors (Lipinski definition) is 4. The van der Waals surface area contributed by atoms with Crippen LogP contribution in [0.15, 0.2) is 87.2 Å². The molecule has 0 aliphatic rings. The number of nitrogens with one attached hydrogen (secondary N) is 2. The van der Waals surface area contributed by atoms with Gasteiger partial charge in [0.25, 0.3) is 17.5 Å². The topological polar surface area (TPSA) is 199 Å². The van der Waals surface area contributed by atoms with Gasteiger partial charge in [0.05, 0.1) is 27.1 Å². The van der Waals surface area contributed by atoms with Crippen LogP contribution in [0, 0.1) is 10.1 Å². The van der Waals surface area contributed by atoms with Crippen molar-refractivity contribution in [2.75, 3.05) is 0 Å². The van der Waals surface area contributed by atoms with Crippen LogP contribution in [0.4, 0.5) is 17.1 Å². The molecule has 0 atom stereocenters. The van der Waals surface area contributed by atoms with E-state index in [0.717, 1.165) is 18.2 Å². The van der Waals surface area contributed by atoms with Gasteiger partial charge in [0.2, 0.25) is 11.8 Å². The number of nitro groups is 1. The number of fused-ring (bicyclic) bond motifs is 2. The van der Waals surface area contributed by atoms with Gasteiger partial charge in [-0.1, -0.05) is 36.4 Å². The number of aromatic amines is 2. The van der Waals surface area contributed by atoms with Gasteiger partial charge in [0.1, 0.15) is 0 Å². The maximum atomic E-state index is 12.7. The highest BCUT2D eigenvalue weighted by Gasteiger charge is 2.19. The lowest BCUT2D eigenvalue weighted by atomic mass is 10.1. The maximum Gasteiger partial charge on any atom is 0.295 e. The number of azo groups is 2. The highest BCUT2D eigenvalue weighted by atomic mass is 16.6. The smallest absolute Gasteiger partial charge is 0.295 e. The van der Waals surface area contributed by atoms with E-state index in [1.807, 2.05) is 0 Å². The highest BCUT2D eigenvalue weighted by Crippen LogP contribution is 2.36. The Morgan fingerprint density at radius 2 is 1.16 bits per heavy atom. The number of carbonyl (C=O) groups excluding carboxylic acids is 2. The number of para-hydroxylation sites is 2. The molecule has 4 N–H and O–H groups in total. The van der Waals surface area contributed by atoms with Crippen LogP contribution < -0.4 is 0 Å². The van der Waals surface area contributed by atoms with Crippen LogP contribution in [0.2, 0.25) is 0 Å². The first-order chi connectivity index (χ1) is 17.8. The predicted molar refractivity (Wildman–Crippen MR) is 131 cm³/mol. The van der Waals surface area contributed by atoms with Crippen LogP contribution >= 0.6 is 0 Å². The van der Waals surface area contributed by atoms with Gasteiger partial charge in [-0.3, -0.25) is 19.7 Å². The largest absolute Gasteiger partial charge is 0.493 e. The number of amides is 2. The van der Waals surface area contributed by atoms with E-state index in [0.29, 0.717) is 21.8 Å². The van der Waals surface area contributed by atoms with Gasteiger partial charge in [-0.15, -0.1) is 20.5 Å². The van der Waals surface area contributed by atoms with Gasteiger partial charge in [0, 0.05) is 22.9 Å². The number of aromatic hydroxyl groups is 2. The second-order valence-corrected chi connectivity index (χ2v) is 7.77. The number of nitro benzene ring substituents is 1. The van der Waals surface area contributed by atoms with Crippen molar-refractivity contribution >= 4 is 50.7 Å². The molecular weight excluding hydrogens is 482 g/mol. The fourth-order valence-electron chi connectivity index (χ4n) is 3.70. The van der Waals surface area contributed by atoms with E-state index >= 15 is 0 Å². The molecule has 13 nitrogen and oxygen atoms in total. The van der Waals surface area contributed by atoms with Crippen molar-refractivity contribution in [3.63, 3.8) is 0 Å². The van der Waals surface area contributed by atoms with Gasteiger partial charge in [0.15, 0.2) is 11.4 Å². The molecule has 13 heteroatoms. The summed E-state index contributed by atoms with van der Waals surface area (Å²) < 4.78 is 0. The first-order valence-corrected chi connectivity index (χ1v) is 10.6. The van der Waals surface area contributed by atoms with Crippen LogP contribution in [0.5, 0.6) is 11.8 Å². The van der Waals surface area contributed by atoms with E-state index in [1.165, 1.54) is 0 Å². The Morgan fingerprint density at radius 3 is 1.59 bits per heavy atom. The zero-order chi connectivity index (χ0) is 26.1. The van der Waals surface area contributed by atoms with Crippen molar-refractivity contribution in [1.82, 2.24) is 9.97 Å². The summed E-state index contributed by atoms with van der Waals surface area (Å²) in [6, 6.07) is 16.5. The van der Waals surface area contributed by atoms with Gasteiger partial charge < -0.3 is 20.2 Å². The van der Waals surface area contributed by atoms with Crippen LogP contribution in [0.3, 0.4) is 0 Å². The minimum absolute atomic E-state index is 0.0121. The van der Waals surface area contributed by atoms with Crippen LogP contribution in [-0.2, 0) is 0 Å². The molecule has 0 spiro atoms. The number of aromatic nitrogens is 2. The van der Waals surface area contributed by atoms with E-state index in [9.17, 15) is 29.9 Å². The monoisotopic (exact) mass is 497 g/mol. The van der Waals surface area contributed by atoms with E-state index in [-0.39, 0.29) is 34.3 Å². The van der Waals surface area contributed by atoms with Crippen molar-refractivity contribution < 1.29 is 24.7 Å². The maximum absolute atomic E-state index is 12.7. The first-order valence-electron chi connectivity index (χ1n) is 10.6. The molecule has 0 bridgehead atoms. The van der Waals surface area contributed by atoms with Crippen molar-refractivity contribution in [3.8, 4) is 11.8 Å². The lowest BCUT2D eigenvalue weighted by Crippen LogP contribution is -2.02. The summed E-state index contributed by atoms with van der Waals surface area (Å²) in [6.45, 7) is 0. The molecule has 2 aromatic heterocycles. The van der Waals surface area contributed by atoms with Gasteiger partial charge >= 0.3 is 0 Å². The summed E-state index contributed by atoms with van der Waals surface area (Å²) in [5.74, 6) is -2.61. The fourth-order valence-corrected chi connectivity index (χ4v) is 3.70. The molecule has 0 unspecified atom stereocenters. The molecule has 5 rings (SSSR count). The minimum atomic E-state index is -0.992. The van der Waals surface area contributed by atoms with Crippen LogP contribution in [0.1, 0.15) is 20.7 Å². The SMILES string of the molecule is O=C(N=Nc1c(O)[nH]c2ccccc12)c1cc(C(=O)N=Nc2c(O)[nH]c3ccccc23)cc([N+](=O)[O-])c1. The summed E-state index contributed by atoms with van der Waals surface area (Å²) in [5.41, 5.74) is 0.00419. The third-order valence-electron chi connectivity index (χ3n) is 5.42. The van der Waals surface area contributed by atoms with Gasteiger partial charge in [-0.05, 0) is 18.2 Å². The number of carbonyl (C=O) groups is 2. The predicted octanol–water partition coefficient (Wildman–Crippen LogP) is 5.82. The summed E-state index contributed by atoms with van der Waals surface area (Å²) >= 11 is 0. The lowest BCUT2D eigenvalue weighted by molar-refractivity contribution is -0.384. The third-order valence-corrected chi connectivity index (χ3v) is 5.42. The Bertz CT molecular complexity index is 1660. The number of benzene rings is 3. The molecule has 0 radical (unpaired) electrons. The highest BCUT2D eigenvalue weighted by molar-refractivity contribution is 6.02. The Hall–Kier alpha value is -5.72. The van der Waals surface area contributed by atoms with Crippen molar-refractivity contribution in [1.29, 1.82) is 0 Å². The zero-order valence-corrected chi connectivity index (χ0v) is 18.6. The molecule has 0 aliphatic heterocycles. The quantitative estimate of drug-likeness (QED) is 0.134. The second-order valence-electron chi connectivity index (χ2n) is 7.77. The first kappa shape index (κ1) is 23.0. The summed E-state index contributed by atoms with van der Waals surface area (Å²) in [4.78, 5) is 41.4.